The average Bonchev–Trinajstić information content (AvgIpc) is 1.88. The van der Waals surface area contributed by atoms with Gasteiger partial charge in [0.15, 0.2) is 6.23 Å². The van der Waals surface area contributed by atoms with E-state index in [0.717, 1.165) is 25.8 Å². The Kier molecular flexibility index (Phi) is 2.50. The van der Waals surface area contributed by atoms with Crippen LogP contribution in [0.4, 0.5) is 4.79 Å². The lowest BCUT2D eigenvalue weighted by Crippen LogP contribution is -2.37. The molecule has 2 N–H and O–H groups in total. The fraction of sp³-hybridized carbons (Fsp3) is 0.833. The van der Waals surface area contributed by atoms with E-state index in [9.17, 15) is 4.79 Å². The predicted octanol–water partition coefficient (Wildman–Crippen LogP) is 0.781. The number of hydrogen-bond donors (Lipinski definition) is 2. The largest absolute Gasteiger partial charge is 0.507 e. The van der Waals surface area contributed by atoms with E-state index in [0.29, 0.717) is 0 Å². The summed E-state index contributed by atoms with van der Waals surface area (Å²) in [5.74, 6) is 0. The van der Waals surface area contributed by atoms with Crippen LogP contribution in [-0.4, -0.2) is 24.0 Å². The van der Waals surface area contributed by atoms with Crippen LogP contribution in [0, 0.1) is 0 Å². The second-order valence-corrected chi connectivity index (χ2v) is 2.32. The van der Waals surface area contributed by atoms with Gasteiger partial charge in [-0.2, -0.15) is 0 Å². The van der Waals surface area contributed by atoms with E-state index in [4.69, 9.17) is 5.11 Å². The second-order valence-electron chi connectivity index (χ2n) is 2.32. The van der Waals surface area contributed by atoms with Crippen LogP contribution >= 0.6 is 0 Å². The molecule has 0 aromatic carbocycles. The van der Waals surface area contributed by atoms with Crippen molar-refractivity contribution in [1.29, 1.82) is 0 Å². The molecule has 0 unspecified atom stereocenters. The third kappa shape index (κ3) is 2.23. The quantitative estimate of drug-likeness (QED) is 0.535. The molecule has 4 heteroatoms. The lowest BCUT2D eigenvalue weighted by molar-refractivity contribution is 0.0247. The summed E-state index contributed by atoms with van der Waals surface area (Å²) in [5.41, 5.74) is 0. The van der Waals surface area contributed by atoms with Crippen LogP contribution < -0.4 is 5.32 Å². The molecule has 10 heavy (non-hydrogen) atoms. The van der Waals surface area contributed by atoms with Crippen molar-refractivity contribution >= 4 is 6.16 Å². The van der Waals surface area contributed by atoms with Gasteiger partial charge in [-0.3, -0.25) is 5.32 Å². The molecule has 1 fully saturated rings. The minimum atomic E-state index is -1.19. The van der Waals surface area contributed by atoms with Crippen LogP contribution in [0.3, 0.4) is 0 Å². The second kappa shape index (κ2) is 3.41. The van der Waals surface area contributed by atoms with E-state index in [1.54, 1.807) is 0 Å². The van der Waals surface area contributed by atoms with E-state index in [1.807, 2.05) is 0 Å². The van der Waals surface area contributed by atoms with Crippen molar-refractivity contribution in [3.8, 4) is 0 Å². The maximum atomic E-state index is 10.0. The van der Waals surface area contributed by atoms with Gasteiger partial charge in [0.05, 0.1) is 0 Å². The van der Waals surface area contributed by atoms with Crippen LogP contribution in [0.25, 0.3) is 0 Å². The van der Waals surface area contributed by atoms with Gasteiger partial charge in [0, 0.05) is 0 Å². The number of piperidine rings is 1. The van der Waals surface area contributed by atoms with Gasteiger partial charge in [-0.05, 0) is 25.8 Å². The Morgan fingerprint density at radius 1 is 1.60 bits per heavy atom. The highest BCUT2D eigenvalue weighted by atomic mass is 16.7. The topological polar surface area (TPSA) is 58.6 Å². The molecule has 0 saturated carbocycles. The van der Waals surface area contributed by atoms with E-state index in [2.05, 4.69) is 10.1 Å². The molecule has 0 aliphatic carbocycles. The van der Waals surface area contributed by atoms with Crippen molar-refractivity contribution in [2.45, 2.75) is 25.5 Å². The molecule has 1 aliphatic heterocycles. The summed E-state index contributed by atoms with van der Waals surface area (Å²) in [6.07, 6.45) is 1.49. The summed E-state index contributed by atoms with van der Waals surface area (Å²) in [7, 11) is 0. The fourth-order valence-electron chi connectivity index (χ4n) is 1.04. The minimum absolute atomic E-state index is 0.272. The number of carbonyl (C=O) groups is 1. The van der Waals surface area contributed by atoms with Crippen LogP contribution in [-0.2, 0) is 4.74 Å². The average molecular weight is 145 g/mol. The van der Waals surface area contributed by atoms with E-state index in [1.165, 1.54) is 0 Å². The van der Waals surface area contributed by atoms with Crippen molar-refractivity contribution in [3.05, 3.63) is 0 Å². The third-order valence-corrected chi connectivity index (χ3v) is 1.51. The first-order valence-corrected chi connectivity index (χ1v) is 3.42. The predicted molar refractivity (Wildman–Crippen MR) is 34.8 cm³/mol. The van der Waals surface area contributed by atoms with Gasteiger partial charge in [0.2, 0.25) is 0 Å². The molecule has 1 atom stereocenters. The third-order valence-electron chi connectivity index (χ3n) is 1.51. The molecule has 58 valence electrons. The zero-order valence-corrected chi connectivity index (χ0v) is 5.67. The first-order valence-electron chi connectivity index (χ1n) is 3.42. The van der Waals surface area contributed by atoms with Gasteiger partial charge in [-0.15, -0.1) is 0 Å². The van der Waals surface area contributed by atoms with Crippen molar-refractivity contribution in [2.75, 3.05) is 6.54 Å². The monoisotopic (exact) mass is 145 g/mol. The van der Waals surface area contributed by atoms with Gasteiger partial charge in [-0.1, -0.05) is 0 Å². The number of nitrogens with one attached hydrogen (secondary N) is 1. The van der Waals surface area contributed by atoms with Gasteiger partial charge < -0.3 is 9.84 Å². The maximum Gasteiger partial charge on any atom is 0.507 e. The van der Waals surface area contributed by atoms with Crippen LogP contribution in [0.1, 0.15) is 19.3 Å². The highest BCUT2D eigenvalue weighted by Crippen LogP contribution is 2.07. The molecule has 0 radical (unpaired) electrons. The Hall–Kier alpha value is -0.770. The van der Waals surface area contributed by atoms with Gasteiger partial charge >= 0.3 is 6.16 Å². The number of hydrogen-bond acceptors (Lipinski definition) is 3. The van der Waals surface area contributed by atoms with Crippen molar-refractivity contribution in [2.24, 2.45) is 0 Å². The highest BCUT2D eigenvalue weighted by Gasteiger charge is 2.15. The zero-order valence-electron chi connectivity index (χ0n) is 5.67. The molecular formula is C6H11NO3. The Balaban J connectivity index is 2.19. The summed E-state index contributed by atoms with van der Waals surface area (Å²) < 4.78 is 4.50. The van der Waals surface area contributed by atoms with Crippen LogP contribution in [0.5, 0.6) is 0 Å². The molecule has 0 amide bonds. The summed E-state index contributed by atoms with van der Waals surface area (Å²) >= 11 is 0. The maximum absolute atomic E-state index is 10.0. The normalized spacial score (nSPS) is 25.8. The summed E-state index contributed by atoms with van der Waals surface area (Å²) in [5, 5.41) is 11.2. The van der Waals surface area contributed by atoms with Crippen LogP contribution in [0.15, 0.2) is 0 Å². The summed E-state index contributed by atoms with van der Waals surface area (Å²) in [4.78, 5) is 10.0. The van der Waals surface area contributed by atoms with E-state index in [-0.39, 0.29) is 6.23 Å². The van der Waals surface area contributed by atoms with Crippen molar-refractivity contribution < 1.29 is 14.6 Å². The Morgan fingerprint density at radius 2 is 2.40 bits per heavy atom. The Bertz CT molecular complexity index is 120. The summed E-state index contributed by atoms with van der Waals surface area (Å²) in [6.45, 7) is 0.859. The first-order chi connectivity index (χ1) is 4.79. The number of rotatable bonds is 1. The smallest absolute Gasteiger partial charge is 0.450 e. The molecule has 4 nitrogen and oxygen atoms in total. The lowest BCUT2D eigenvalue weighted by Gasteiger charge is -2.21. The molecule has 1 saturated heterocycles. The molecule has 0 bridgehead atoms. The van der Waals surface area contributed by atoms with Gasteiger partial charge in [0.1, 0.15) is 0 Å². The zero-order chi connectivity index (χ0) is 7.40. The Labute approximate surface area is 59.2 Å². The standard InChI is InChI=1S/C6H11NO3/c8-6(9)10-5-3-1-2-4-7-5/h5,7H,1-4H2,(H,8,9)/t5-/m1/s1. The molecule has 1 aliphatic rings. The van der Waals surface area contributed by atoms with Crippen LogP contribution in [0.2, 0.25) is 0 Å². The lowest BCUT2D eigenvalue weighted by atomic mass is 10.1. The van der Waals surface area contributed by atoms with E-state index < -0.39 is 6.16 Å². The highest BCUT2D eigenvalue weighted by molar-refractivity contribution is 5.57. The van der Waals surface area contributed by atoms with Gasteiger partial charge in [0.25, 0.3) is 0 Å². The molecule has 1 rings (SSSR count). The SMILES string of the molecule is O=C(O)O[C@@H]1CCCCN1. The fourth-order valence-corrected chi connectivity index (χ4v) is 1.04. The molecular weight excluding hydrogens is 134 g/mol. The van der Waals surface area contributed by atoms with Crippen molar-refractivity contribution in [1.82, 2.24) is 5.32 Å². The first kappa shape index (κ1) is 7.34. The molecule has 1 heterocycles. The number of carboxylic acid groups (broad SMARTS) is 1. The Morgan fingerprint density at radius 3 is 2.90 bits per heavy atom. The van der Waals surface area contributed by atoms with E-state index >= 15 is 0 Å². The van der Waals surface area contributed by atoms with Crippen molar-refractivity contribution in [3.63, 3.8) is 0 Å². The number of ether oxygens (including phenoxy) is 1. The summed E-state index contributed by atoms with van der Waals surface area (Å²) in [6, 6.07) is 0. The minimum Gasteiger partial charge on any atom is -0.450 e. The molecule has 0 aromatic heterocycles. The molecule has 0 spiro atoms. The van der Waals surface area contributed by atoms with Gasteiger partial charge in [-0.25, -0.2) is 4.79 Å². The molecule has 0 aromatic rings.